The van der Waals surface area contributed by atoms with Crippen molar-refractivity contribution in [1.29, 1.82) is 0 Å². The topological polar surface area (TPSA) is 61.2 Å². The van der Waals surface area contributed by atoms with E-state index >= 15 is 0 Å². The number of hydrogen-bond acceptors (Lipinski definition) is 5. The van der Waals surface area contributed by atoms with Crippen LogP contribution < -0.4 is 4.74 Å². The first-order valence-corrected chi connectivity index (χ1v) is 12.3. The number of ether oxygens (including phenoxy) is 1. The molecule has 5 nitrogen and oxygen atoms in total. The molecule has 33 heavy (non-hydrogen) atoms. The Bertz CT molecular complexity index is 1170. The molecule has 7 heteroatoms. The van der Waals surface area contributed by atoms with Gasteiger partial charge in [-0.15, -0.1) is 0 Å². The third-order valence-corrected chi connectivity index (χ3v) is 6.51. The van der Waals surface area contributed by atoms with Crippen molar-refractivity contribution in [3.05, 3.63) is 70.2 Å². The molecule has 0 saturated carbocycles. The average molecular weight is 481 g/mol. The van der Waals surface area contributed by atoms with Gasteiger partial charge in [-0.05, 0) is 72.8 Å². The highest BCUT2D eigenvalue weighted by atomic mass is 35.5. The summed E-state index contributed by atoms with van der Waals surface area (Å²) in [5.74, 6) is 0.668. The van der Waals surface area contributed by atoms with Crippen LogP contribution in [0.5, 0.6) is 5.75 Å². The third-order valence-electron chi connectivity index (χ3n) is 5.32. The molecule has 4 rings (SSSR count). The van der Waals surface area contributed by atoms with Gasteiger partial charge in [0.15, 0.2) is 5.78 Å². The molecule has 1 aliphatic rings. The Hall–Kier alpha value is -2.83. The Morgan fingerprint density at radius 3 is 2.48 bits per heavy atom. The van der Waals surface area contributed by atoms with Gasteiger partial charge in [0, 0.05) is 22.3 Å². The first-order chi connectivity index (χ1) is 16.0. The van der Waals surface area contributed by atoms with Gasteiger partial charge in [-0.3, -0.25) is 9.59 Å². The molecule has 0 aliphatic carbocycles. The van der Waals surface area contributed by atoms with Gasteiger partial charge in [-0.1, -0.05) is 37.8 Å². The molecule has 2 heterocycles. The van der Waals surface area contributed by atoms with E-state index in [1.165, 1.54) is 19.3 Å². The minimum Gasteiger partial charge on any atom is -0.494 e. The smallest absolute Gasteiger partial charge is 0.201 e. The standard InChI is InChI=1S/C26H25ClN2O3S/c1-2-3-4-5-14-32-22-12-6-18(7-13-22)26-19(15-24-23(30)16-25(31)33-24)17-29(28-26)21-10-8-20(27)9-11-21/h6-13,15,17H,2-5,14,16H2,1H3/b24-15-. The number of hydrogen-bond donors (Lipinski definition) is 0. The normalized spacial score (nSPS) is 14.9. The van der Waals surface area contributed by atoms with Gasteiger partial charge in [0.25, 0.3) is 0 Å². The van der Waals surface area contributed by atoms with Gasteiger partial charge in [0.05, 0.1) is 29.3 Å². The maximum absolute atomic E-state index is 12.2. The van der Waals surface area contributed by atoms with Crippen LogP contribution in [0, 0.1) is 0 Å². The summed E-state index contributed by atoms with van der Waals surface area (Å²) in [6.45, 7) is 2.90. The second kappa shape index (κ2) is 10.9. The molecule has 0 spiro atoms. The minimum atomic E-state index is -0.151. The number of allylic oxidation sites excluding steroid dienone is 1. The van der Waals surface area contributed by atoms with Crippen molar-refractivity contribution < 1.29 is 14.3 Å². The number of benzene rings is 2. The van der Waals surface area contributed by atoms with E-state index in [0.29, 0.717) is 16.5 Å². The van der Waals surface area contributed by atoms with E-state index in [0.717, 1.165) is 46.4 Å². The average Bonchev–Trinajstić information content (AvgIpc) is 3.37. The van der Waals surface area contributed by atoms with Crippen LogP contribution >= 0.6 is 23.4 Å². The van der Waals surface area contributed by atoms with Crippen molar-refractivity contribution in [2.24, 2.45) is 0 Å². The van der Waals surface area contributed by atoms with Crippen molar-refractivity contribution in [3.8, 4) is 22.7 Å². The fraction of sp³-hybridized carbons (Fsp3) is 0.269. The summed E-state index contributed by atoms with van der Waals surface area (Å²) in [5.41, 5.74) is 3.23. The number of carbonyl (C=O) groups excluding carboxylic acids is 2. The summed E-state index contributed by atoms with van der Waals surface area (Å²) in [6.07, 6.45) is 8.21. The molecule has 0 amide bonds. The Labute approximate surface area is 202 Å². The molecule has 1 aromatic heterocycles. The van der Waals surface area contributed by atoms with E-state index in [4.69, 9.17) is 21.4 Å². The molecule has 2 aromatic carbocycles. The van der Waals surface area contributed by atoms with Crippen LogP contribution in [0.15, 0.2) is 59.6 Å². The summed E-state index contributed by atoms with van der Waals surface area (Å²) >= 11 is 7.02. The number of nitrogens with zero attached hydrogens (tertiary/aromatic N) is 2. The lowest BCUT2D eigenvalue weighted by Gasteiger charge is -2.07. The van der Waals surface area contributed by atoms with E-state index in [1.807, 2.05) is 42.6 Å². The van der Waals surface area contributed by atoms with Gasteiger partial charge in [0.2, 0.25) is 5.12 Å². The number of carbonyl (C=O) groups is 2. The van der Waals surface area contributed by atoms with E-state index in [2.05, 4.69) is 6.92 Å². The van der Waals surface area contributed by atoms with Gasteiger partial charge >= 0.3 is 0 Å². The fourth-order valence-electron chi connectivity index (χ4n) is 3.56. The molecular formula is C26H25ClN2O3S. The highest BCUT2D eigenvalue weighted by Crippen LogP contribution is 2.34. The summed E-state index contributed by atoms with van der Waals surface area (Å²) < 4.78 is 7.61. The highest BCUT2D eigenvalue weighted by Gasteiger charge is 2.26. The maximum Gasteiger partial charge on any atom is 0.201 e. The quantitative estimate of drug-likeness (QED) is 0.193. The van der Waals surface area contributed by atoms with Crippen molar-refractivity contribution >= 4 is 40.3 Å². The molecule has 0 radical (unpaired) electrons. The third kappa shape index (κ3) is 5.95. The zero-order valence-corrected chi connectivity index (χ0v) is 20.0. The number of rotatable bonds is 9. The molecule has 1 saturated heterocycles. The van der Waals surface area contributed by atoms with Crippen molar-refractivity contribution in [3.63, 3.8) is 0 Å². The van der Waals surface area contributed by atoms with Crippen LogP contribution in [0.4, 0.5) is 0 Å². The largest absolute Gasteiger partial charge is 0.494 e. The Morgan fingerprint density at radius 2 is 1.82 bits per heavy atom. The SMILES string of the molecule is CCCCCCOc1ccc(-c2nn(-c3ccc(Cl)cc3)cc2/C=C2\SC(=O)CC2=O)cc1. The number of aromatic nitrogens is 2. The molecule has 170 valence electrons. The predicted octanol–water partition coefficient (Wildman–Crippen LogP) is 6.73. The summed E-state index contributed by atoms with van der Waals surface area (Å²) in [4.78, 5) is 24.3. The fourth-order valence-corrected chi connectivity index (χ4v) is 4.50. The number of Topliss-reactive ketones (excluding diaryl/α,β-unsaturated/α-hetero) is 1. The van der Waals surface area contributed by atoms with E-state index in [1.54, 1.807) is 22.9 Å². The Kier molecular flexibility index (Phi) is 7.68. The first-order valence-electron chi connectivity index (χ1n) is 11.1. The lowest BCUT2D eigenvalue weighted by atomic mass is 10.1. The van der Waals surface area contributed by atoms with E-state index < -0.39 is 0 Å². The number of halogens is 1. The second-order valence-corrected chi connectivity index (χ2v) is 9.41. The van der Waals surface area contributed by atoms with E-state index in [9.17, 15) is 9.59 Å². The van der Waals surface area contributed by atoms with Crippen LogP contribution in [0.1, 0.15) is 44.6 Å². The Morgan fingerprint density at radius 1 is 1.06 bits per heavy atom. The van der Waals surface area contributed by atoms with E-state index in [-0.39, 0.29) is 17.3 Å². The van der Waals surface area contributed by atoms with Crippen LogP contribution in [0.25, 0.3) is 23.0 Å². The highest BCUT2D eigenvalue weighted by molar-refractivity contribution is 8.18. The number of unbranched alkanes of at least 4 members (excludes halogenated alkanes) is 3. The van der Waals surface area contributed by atoms with Crippen molar-refractivity contribution in [2.45, 2.75) is 39.0 Å². The Balaban J connectivity index is 1.62. The van der Waals surface area contributed by atoms with Gasteiger partial charge < -0.3 is 4.74 Å². The number of ketones is 1. The molecule has 0 N–H and O–H groups in total. The minimum absolute atomic E-state index is 0.0541. The molecule has 3 aromatic rings. The van der Waals surface area contributed by atoms with Crippen molar-refractivity contribution in [1.82, 2.24) is 9.78 Å². The maximum atomic E-state index is 12.2. The monoisotopic (exact) mass is 480 g/mol. The first kappa shape index (κ1) is 23.3. The van der Waals surface area contributed by atoms with Gasteiger partial charge in [-0.25, -0.2) is 4.68 Å². The lowest BCUT2D eigenvalue weighted by molar-refractivity contribution is -0.119. The van der Waals surface area contributed by atoms with Crippen LogP contribution in [0.2, 0.25) is 5.02 Å². The van der Waals surface area contributed by atoms with Gasteiger partial charge in [0.1, 0.15) is 5.75 Å². The summed E-state index contributed by atoms with van der Waals surface area (Å²) in [6, 6.07) is 15.2. The predicted molar refractivity (Wildman–Crippen MR) is 134 cm³/mol. The van der Waals surface area contributed by atoms with Crippen LogP contribution in [0.3, 0.4) is 0 Å². The zero-order chi connectivity index (χ0) is 23.2. The molecular weight excluding hydrogens is 456 g/mol. The van der Waals surface area contributed by atoms with Gasteiger partial charge in [-0.2, -0.15) is 5.10 Å². The van der Waals surface area contributed by atoms with Crippen LogP contribution in [-0.2, 0) is 9.59 Å². The molecule has 0 atom stereocenters. The lowest BCUT2D eigenvalue weighted by Crippen LogP contribution is -1.97. The molecule has 1 fully saturated rings. The summed E-state index contributed by atoms with van der Waals surface area (Å²) in [7, 11) is 0. The molecule has 1 aliphatic heterocycles. The number of thioether (sulfide) groups is 1. The molecule has 0 unspecified atom stereocenters. The van der Waals surface area contributed by atoms with Crippen LogP contribution in [-0.4, -0.2) is 27.3 Å². The zero-order valence-electron chi connectivity index (χ0n) is 18.4. The molecule has 0 bridgehead atoms. The summed E-state index contributed by atoms with van der Waals surface area (Å²) in [5, 5.41) is 5.29. The second-order valence-electron chi connectivity index (χ2n) is 7.87. The van der Waals surface area contributed by atoms with Crippen molar-refractivity contribution in [2.75, 3.05) is 6.61 Å².